The molecule has 38 heavy (non-hydrogen) atoms. The van der Waals surface area contributed by atoms with Crippen molar-refractivity contribution in [3.05, 3.63) is 87.0 Å². The van der Waals surface area contributed by atoms with Crippen LogP contribution in [0.15, 0.2) is 66.7 Å². The second kappa shape index (κ2) is 11.5. The number of anilines is 1. The van der Waals surface area contributed by atoms with Crippen molar-refractivity contribution in [2.75, 3.05) is 18.5 Å². The molecule has 3 N–H and O–H groups in total. The summed E-state index contributed by atoms with van der Waals surface area (Å²) >= 11 is 1.95. The molecule has 0 unspecified atom stereocenters. The quantitative estimate of drug-likeness (QED) is 0.278. The van der Waals surface area contributed by atoms with E-state index < -0.39 is 29.6 Å². The summed E-state index contributed by atoms with van der Waals surface area (Å²) in [6.45, 7) is 5.58. The van der Waals surface area contributed by atoms with E-state index in [1.807, 2.05) is 79.8 Å². The van der Waals surface area contributed by atoms with Crippen LogP contribution in [0.2, 0.25) is 0 Å². The predicted octanol–water partition coefficient (Wildman–Crippen LogP) is 5.65. The van der Waals surface area contributed by atoms with Crippen LogP contribution in [0.25, 0.3) is 11.1 Å². The lowest BCUT2D eigenvalue weighted by atomic mass is 9.98. The Morgan fingerprint density at radius 2 is 1.58 bits per heavy atom. The molecule has 2 amide bonds. The Kier molecular flexibility index (Phi) is 8.37. The fraction of sp³-hybridized carbons (Fsp3) is 0.276. The monoisotopic (exact) mass is 628 g/mol. The molecule has 0 heterocycles. The summed E-state index contributed by atoms with van der Waals surface area (Å²) < 4.78 is 12.0. The summed E-state index contributed by atoms with van der Waals surface area (Å²) in [7, 11) is 0. The molecule has 0 radical (unpaired) electrons. The number of benzene rings is 3. The van der Waals surface area contributed by atoms with Gasteiger partial charge in [0.05, 0.1) is 23.5 Å². The maximum Gasteiger partial charge on any atom is 0.407 e. The van der Waals surface area contributed by atoms with Gasteiger partial charge in [0.2, 0.25) is 5.91 Å². The molecule has 198 valence electrons. The Labute approximate surface area is 234 Å². The lowest BCUT2D eigenvalue weighted by Crippen LogP contribution is -2.48. The number of nitrogens with one attached hydrogen (secondary N) is 2. The normalized spacial score (nSPS) is 13.3. The van der Waals surface area contributed by atoms with E-state index in [0.29, 0.717) is 9.26 Å². The first kappa shape index (κ1) is 27.6. The summed E-state index contributed by atoms with van der Waals surface area (Å²) in [6.07, 6.45) is -0.736. The van der Waals surface area contributed by atoms with E-state index >= 15 is 0 Å². The van der Waals surface area contributed by atoms with Gasteiger partial charge < -0.3 is 25.2 Å². The van der Waals surface area contributed by atoms with Crippen LogP contribution in [0.1, 0.15) is 48.2 Å². The maximum atomic E-state index is 13.1. The fourth-order valence-electron chi connectivity index (χ4n) is 4.27. The second-order valence-electron chi connectivity index (χ2n) is 9.93. The molecule has 0 spiro atoms. The first-order valence-corrected chi connectivity index (χ1v) is 13.2. The van der Waals surface area contributed by atoms with E-state index in [2.05, 4.69) is 22.8 Å². The van der Waals surface area contributed by atoms with Crippen LogP contribution in [0.4, 0.5) is 10.5 Å². The van der Waals surface area contributed by atoms with E-state index in [-0.39, 0.29) is 24.7 Å². The van der Waals surface area contributed by atoms with Gasteiger partial charge in [-0.1, -0.05) is 48.5 Å². The number of aromatic carboxylic acids is 1. The Morgan fingerprint density at radius 1 is 0.974 bits per heavy atom. The highest BCUT2D eigenvalue weighted by atomic mass is 127. The molecule has 9 heteroatoms. The van der Waals surface area contributed by atoms with Crippen molar-refractivity contribution >= 4 is 46.2 Å². The highest BCUT2D eigenvalue weighted by Gasteiger charge is 2.30. The van der Waals surface area contributed by atoms with E-state index in [9.17, 15) is 19.5 Å². The third-order valence-corrected chi connectivity index (χ3v) is 7.00. The zero-order chi connectivity index (χ0) is 27.4. The van der Waals surface area contributed by atoms with Crippen LogP contribution in [0.3, 0.4) is 0 Å². The van der Waals surface area contributed by atoms with Crippen LogP contribution < -0.4 is 10.6 Å². The number of halogens is 1. The van der Waals surface area contributed by atoms with E-state index in [1.54, 1.807) is 0 Å². The van der Waals surface area contributed by atoms with Crippen molar-refractivity contribution in [1.29, 1.82) is 0 Å². The van der Waals surface area contributed by atoms with Crippen molar-refractivity contribution in [2.24, 2.45) is 0 Å². The molecule has 0 saturated heterocycles. The highest BCUT2D eigenvalue weighted by molar-refractivity contribution is 14.1. The number of carbonyl (C=O) groups excluding carboxylic acids is 2. The third-order valence-electron chi connectivity index (χ3n) is 6.11. The molecule has 0 aromatic heterocycles. The van der Waals surface area contributed by atoms with E-state index in [4.69, 9.17) is 9.47 Å². The second-order valence-corrected chi connectivity index (χ2v) is 11.1. The van der Waals surface area contributed by atoms with Crippen molar-refractivity contribution in [3.8, 4) is 11.1 Å². The number of hydrogen-bond acceptors (Lipinski definition) is 5. The minimum Gasteiger partial charge on any atom is -0.478 e. The number of amides is 2. The van der Waals surface area contributed by atoms with Crippen molar-refractivity contribution < 1.29 is 29.0 Å². The Balaban J connectivity index is 1.45. The molecular weight excluding hydrogens is 599 g/mol. The summed E-state index contributed by atoms with van der Waals surface area (Å²) in [5.74, 6) is -1.68. The maximum absolute atomic E-state index is 13.1. The molecule has 3 aromatic rings. The van der Waals surface area contributed by atoms with Crippen LogP contribution in [0.5, 0.6) is 0 Å². The van der Waals surface area contributed by atoms with Crippen LogP contribution in [-0.4, -0.2) is 47.9 Å². The molecular formula is C29H29IN2O6. The summed E-state index contributed by atoms with van der Waals surface area (Å²) in [4.78, 5) is 37.2. The number of rotatable bonds is 8. The molecule has 0 fully saturated rings. The fourth-order valence-corrected chi connectivity index (χ4v) is 4.92. The standard InChI is InChI=1S/C29H29IN2O6/c1-29(2,3)38-16-25(26(33)31-24-13-12-17(27(34)35)14-23(24)30)32-28(36)37-15-22-20-10-6-4-8-18(20)19-9-5-7-11-21(19)22/h4-14,22,25H,15-16H2,1-3H3,(H,31,33)(H,32,36)(H,34,35)/t25-/m0/s1. The van der Waals surface area contributed by atoms with Gasteiger partial charge in [0.15, 0.2) is 0 Å². The van der Waals surface area contributed by atoms with Gasteiger partial charge in [-0.2, -0.15) is 0 Å². The van der Waals surface area contributed by atoms with Crippen molar-refractivity contribution in [1.82, 2.24) is 5.32 Å². The van der Waals surface area contributed by atoms with Crippen molar-refractivity contribution in [3.63, 3.8) is 0 Å². The molecule has 0 saturated carbocycles. The topological polar surface area (TPSA) is 114 Å². The first-order chi connectivity index (χ1) is 18.0. The molecule has 1 atom stereocenters. The first-order valence-electron chi connectivity index (χ1n) is 12.1. The predicted molar refractivity (Wildman–Crippen MR) is 152 cm³/mol. The Bertz CT molecular complexity index is 1320. The zero-order valence-electron chi connectivity index (χ0n) is 21.3. The minimum absolute atomic E-state index is 0.0800. The molecule has 1 aliphatic carbocycles. The van der Waals surface area contributed by atoms with E-state index in [1.165, 1.54) is 18.2 Å². The molecule has 4 rings (SSSR count). The lowest BCUT2D eigenvalue weighted by molar-refractivity contribution is -0.121. The van der Waals surface area contributed by atoms with Gasteiger partial charge >= 0.3 is 12.1 Å². The van der Waals surface area contributed by atoms with Crippen molar-refractivity contribution in [2.45, 2.75) is 38.3 Å². The van der Waals surface area contributed by atoms with Gasteiger partial charge in [0, 0.05) is 9.49 Å². The zero-order valence-corrected chi connectivity index (χ0v) is 23.4. The third kappa shape index (κ3) is 6.51. The van der Waals surface area contributed by atoms with Gasteiger partial charge in [-0.25, -0.2) is 9.59 Å². The average Bonchev–Trinajstić information content (AvgIpc) is 3.19. The molecule has 8 nitrogen and oxygen atoms in total. The smallest absolute Gasteiger partial charge is 0.407 e. The molecule has 0 bridgehead atoms. The summed E-state index contributed by atoms with van der Waals surface area (Å²) in [6, 6.07) is 19.4. The molecule has 3 aromatic carbocycles. The van der Waals surface area contributed by atoms with Crippen LogP contribution >= 0.6 is 22.6 Å². The number of hydrogen-bond donors (Lipinski definition) is 3. The van der Waals surface area contributed by atoms with Gasteiger partial charge in [-0.05, 0) is 83.8 Å². The Morgan fingerprint density at radius 3 is 2.13 bits per heavy atom. The van der Waals surface area contributed by atoms with Gasteiger partial charge in [-0.15, -0.1) is 0 Å². The number of alkyl carbamates (subject to hydrolysis) is 1. The summed E-state index contributed by atoms with van der Waals surface area (Å²) in [5, 5.41) is 14.6. The number of carboxylic acids is 1. The number of carboxylic acid groups (broad SMARTS) is 1. The van der Waals surface area contributed by atoms with E-state index in [0.717, 1.165) is 22.3 Å². The highest BCUT2D eigenvalue weighted by Crippen LogP contribution is 2.44. The lowest BCUT2D eigenvalue weighted by Gasteiger charge is -2.25. The Hall–Kier alpha value is -3.44. The summed E-state index contributed by atoms with van der Waals surface area (Å²) in [5.41, 5.74) is 4.41. The van der Waals surface area contributed by atoms with Gasteiger partial charge in [-0.3, -0.25) is 4.79 Å². The molecule has 0 aliphatic heterocycles. The largest absolute Gasteiger partial charge is 0.478 e. The number of ether oxygens (including phenoxy) is 2. The SMILES string of the molecule is CC(C)(C)OC[C@H](NC(=O)OCC1c2ccccc2-c2ccccc21)C(=O)Nc1ccc(C(=O)O)cc1I. The van der Waals surface area contributed by atoms with Crippen LogP contribution in [-0.2, 0) is 14.3 Å². The number of carbonyl (C=O) groups is 3. The minimum atomic E-state index is -1.06. The average molecular weight is 628 g/mol. The van der Waals surface area contributed by atoms with Gasteiger partial charge in [0.1, 0.15) is 12.6 Å². The van der Waals surface area contributed by atoms with Crippen LogP contribution in [0, 0.1) is 3.57 Å². The van der Waals surface area contributed by atoms with Gasteiger partial charge in [0.25, 0.3) is 0 Å². The number of fused-ring (bicyclic) bond motifs is 3. The molecule has 1 aliphatic rings.